The smallest absolute Gasteiger partial charge is 0.302 e. The van der Waals surface area contributed by atoms with Gasteiger partial charge in [0, 0.05) is 13.8 Å². The topological polar surface area (TPSA) is 126 Å². The lowest BCUT2D eigenvalue weighted by atomic mass is 10.2. The standard InChI is InChI=1S/C30H40O12/c1-23(31)41-21-25-3-5-27-29(19-25)39-17-13-35-9-7-34-12-16-38-28-6-4-26(22-42-24(2)32)20-30(28)40-18-14-36-10-8-33-11-15-37-27/h3-6,19-20H,7-18,21-22H2,1-2H3. The summed E-state index contributed by atoms with van der Waals surface area (Å²) in [7, 11) is 0. The number of rotatable bonds is 4. The van der Waals surface area contributed by atoms with Gasteiger partial charge in [-0.1, -0.05) is 12.1 Å². The van der Waals surface area contributed by atoms with Gasteiger partial charge in [0.2, 0.25) is 0 Å². The highest BCUT2D eigenvalue weighted by atomic mass is 16.6. The number of carbonyl (C=O) groups excluding carboxylic acids is 2. The number of ether oxygens (including phenoxy) is 10. The lowest BCUT2D eigenvalue weighted by molar-refractivity contribution is -0.143. The molecule has 3 rings (SSSR count). The summed E-state index contributed by atoms with van der Waals surface area (Å²) in [6.45, 7) is 7.14. The van der Waals surface area contributed by atoms with Crippen molar-refractivity contribution >= 4 is 11.9 Å². The van der Waals surface area contributed by atoms with E-state index in [0.29, 0.717) is 102 Å². The first-order chi connectivity index (χ1) is 20.5. The van der Waals surface area contributed by atoms with Crippen molar-refractivity contribution in [1.29, 1.82) is 0 Å². The summed E-state index contributed by atoms with van der Waals surface area (Å²) in [5, 5.41) is 0. The summed E-state index contributed by atoms with van der Waals surface area (Å²) in [4.78, 5) is 22.3. The molecular formula is C30H40O12. The second kappa shape index (κ2) is 19.5. The van der Waals surface area contributed by atoms with E-state index in [1.54, 1.807) is 24.3 Å². The molecule has 1 aliphatic rings. The van der Waals surface area contributed by atoms with Crippen molar-refractivity contribution in [2.75, 3.05) is 79.3 Å². The van der Waals surface area contributed by atoms with E-state index in [2.05, 4.69) is 0 Å². The highest BCUT2D eigenvalue weighted by Crippen LogP contribution is 2.30. The lowest BCUT2D eigenvalue weighted by Crippen LogP contribution is -2.15. The maximum atomic E-state index is 11.2. The Balaban J connectivity index is 1.53. The van der Waals surface area contributed by atoms with Gasteiger partial charge in [-0.25, -0.2) is 0 Å². The fraction of sp³-hybridized carbons (Fsp3) is 0.533. The zero-order valence-corrected chi connectivity index (χ0v) is 24.3. The molecule has 0 aromatic heterocycles. The molecule has 0 unspecified atom stereocenters. The molecule has 0 saturated heterocycles. The predicted octanol–water partition coefficient (Wildman–Crippen LogP) is 3.11. The van der Waals surface area contributed by atoms with E-state index in [0.717, 1.165) is 11.1 Å². The zero-order chi connectivity index (χ0) is 29.8. The van der Waals surface area contributed by atoms with E-state index in [9.17, 15) is 9.59 Å². The number of carbonyl (C=O) groups is 2. The average Bonchev–Trinajstić information content (AvgIpc) is 2.97. The van der Waals surface area contributed by atoms with Crippen LogP contribution in [0.2, 0.25) is 0 Å². The molecule has 0 bridgehead atoms. The average molecular weight is 593 g/mol. The van der Waals surface area contributed by atoms with Crippen LogP contribution in [0.25, 0.3) is 0 Å². The van der Waals surface area contributed by atoms with E-state index >= 15 is 0 Å². The van der Waals surface area contributed by atoms with Crippen LogP contribution in [0.15, 0.2) is 36.4 Å². The molecule has 2 aromatic rings. The first-order valence-electron chi connectivity index (χ1n) is 13.9. The van der Waals surface area contributed by atoms with Crippen LogP contribution in [-0.2, 0) is 51.2 Å². The molecule has 0 aliphatic carbocycles. The second-order valence-electron chi connectivity index (χ2n) is 8.97. The van der Waals surface area contributed by atoms with Gasteiger partial charge >= 0.3 is 11.9 Å². The number of benzene rings is 2. The van der Waals surface area contributed by atoms with Crippen molar-refractivity contribution in [3.8, 4) is 23.0 Å². The van der Waals surface area contributed by atoms with Crippen LogP contribution < -0.4 is 18.9 Å². The molecule has 232 valence electrons. The highest BCUT2D eigenvalue weighted by molar-refractivity contribution is 5.66. The summed E-state index contributed by atoms with van der Waals surface area (Å²) in [5.41, 5.74) is 1.55. The Hall–Kier alpha value is -3.58. The molecule has 42 heavy (non-hydrogen) atoms. The molecule has 12 nitrogen and oxygen atoms in total. The number of esters is 2. The molecule has 0 fully saturated rings. The SMILES string of the molecule is CC(=O)OCc1ccc2c(c1)OCCOCCOCCOc1ccc(COC(C)=O)cc1OCCOCCOCCO2. The van der Waals surface area contributed by atoms with Gasteiger partial charge in [-0.3, -0.25) is 9.59 Å². The zero-order valence-electron chi connectivity index (χ0n) is 24.3. The Kier molecular flexibility index (Phi) is 15.3. The van der Waals surface area contributed by atoms with Crippen LogP contribution >= 0.6 is 0 Å². The van der Waals surface area contributed by atoms with Crippen LogP contribution in [0.1, 0.15) is 25.0 Å². The Morgan fingerprint density at radius 1 is 0.500 bits per heavy atom. The molecule has 0 amide bonds. The molecule has 0 spiro atoms. The minimum absolute atomic E-state index is 0.139. The Morgan fingerprint density at radius 3 is 1.14 bits per heavy atom. The fourth-order valence-corrected chi connectivity index (χ4v) is 3.60. The summed E-state index contributed by atoms with van der Waals surface area (Å²) < 4.78 is 56.1. The van der Waals surface area contributed by atoms with Gasteiger partial charge in [0.05, 0.1) is 52.9 Å². The summed E-state index contributed by atoms with van der Waals surface area (Å²) in [5.74, 6) is 1.42. The minimum Gasteiger partial charge on any atom is -0.487 e. The minimum atomic E-state index is -0.359. The van der Waals surface area contributed by atoms with E-state index in [-0.39, 0.29) is 25.2 Å². The van der Waals surface area contributed by atoms with Crippen LogP contribution in [0, 0.1) is 0 Å². The molecule has 1 aliphatic heterocycles. The van der Waals surface area contributed by atoms with Crippen molar-refractivity contribution in [2.45, 2.75) is 27.1 Å². The molecular weight excluding hydrogens is 552 g/mol. The lowest BCUT2D eigenvalue weighted by Gasteiger charge is -2.16. The van der Waals surface area contributed by atoms with Gasteiger partial charge in [0.1, 0.15) is 39.6 Å². The van der Waals surface area contributed by atoms with Crippen molar-refractivity contribution in [3.63, 3.8) is 0 Å². The molecule has 0 atom stereocenters. The molecule has 1 heterocycles. The predicted molar refractivity (Wildman–Crippen MR) is 149 cm³/mol. The van der Waals surface area contributed by atoms with Crippen molar-refractivity contribution < 1.29 is 57.0 Å². The van der Waals surface area contributed by atoms with Gasteiger partial charge < -0.3 is 47.4 Å². The maximum absolute atomic E-state index is 11.2. The maximum Gasteiger partial charge on any atom is 0.302 e. The summed E-state index contributed by atoms with van der Waals surface area (Å²) >= 11 is 0. The monoisotopic (exact) mass is 592 g/mol. The van der Waals surface area contributed by atoms with Crippen LogP contribution in [0.3, 0.4) is 0 Å². The van der Waals surface area contributed by atoms with Gasteiger partial charge in [-0.2, -0.15) is 0 Å². The van der Waals surface area contributed by atoms with Crippen LogP contribution in [-0.4, -0.2) is 91.2 Å². The fourth-order valence-electron chi connectivity index (χ4n) is 3.60. The van der Waals surface area contributed by atoms with E-state index < -0.39 is 0 Å². The summed E-state index contributed by atoms with van der Waals surface area (Å²) in [6.07, 6.45) is 0. The third-order valence-electron chi connectivity index (χ3n) is 5.59. The van der Waals surface area contributed by atoms with E-state index in [1.165, 1.54) is 13.8 Å². The number of hydrogen-bond acceptors (Lipinski definition) is 12. The van der Waals surface area contributed by atoms with Gasteiger partial charge in [0.15, 0.2) is 23.0 Å². The normalized spacial score (nSPS) is 16.4. The molecule has 12 heteroatoms. The Morgan fingerprint density at radius 2 is 0.810 bits per heavy atom. The Labute approximate surface area is 246 Å². The summed E-state index contributed by atoms with van der Waals surface area (Å²) in [6, 6.07) is 10.7. The third kappa shape index (κ3) is 13.4. The van der Waals surface area contributed by atoms with Gasteiger partial charge in [-0.05, 0) is 35.4 Å². The van der Waals surface area contributed by atoms with Crippen LogP contribution in [0.4, 0.5) is 0 Å². The third-order valence-corrected chi connectivity index (χ3v) is 5.59. The van der Waals surface area contributed by atoms with E-state index in [1.807, 2.05) is 12.1 Å². The number of fused-ring (bicyclic) bond motifs is 2. The molecule has 0 saturated carbocycles. The van der Waals surface area contributed by atoms with E-state index in [4.69, 9.17) is 47.4 Å². The molecule has 0 radical (unpaired) electrons. The first-order valence-corrected chi connectivity index (χ1v) is 13.9. The van der Waals surface area contributed by atoms with Crippen molar-refractivity contribution in [1.82, 2.24) is 0 Å². The molecule has 0 N–H and O–H groups in total. The second-order valence-corrected chi connectivity index (χ2v) is 8.97. The van der Waals surface area contributed by atoms with Crippen LogP contribution in [0.5, 0.6) is 23.0 Å². The largest absolute Gasteiger partial charge is 0.487 e. The van der Waals surface area contributed by atoms with Crippen molar-refractivity contribution in [3.05, 3.63) is 47.5 Å². The van der Waals surface area contributed by atoms with Gasteiger partial charge in [0.25, 0.3) is 0 Å². The molecule has 2 aromatic carbocycles. The first kappa shape index (κ1) is 32.9. The quantitative estimate of drug-likeness (QED) is 0.484. The highest BCUT2D eigenvalue weighted by Gasteiger charge is 2.10. The van der Waals surface area contributed by atoms with Gasteiger partial charge in [-0.15, -0.1) is 0 Å². The Bertz CT molecular complexity index is 1000. The number of hydrogen-bond donors (Lipinski definition) is 0. The van der Waals surface area contributed by atoms with Crippen molar-refractivity contribution in [2.24, 2.45) is 0 Å².